The van der Waals surface area contributed by atoms with Crippen molar-refractivity contribution in [2.45, 2.75) is 20.1 Å². The van der Waals surface area contributed by atoms with Crippen molar-refractivity contribution in [2.24, 2.45) is 0 Å². The zero-order valence-corrected chi connectivity index (χ0v) is 16.6. The molecule has 0 atom stereocenters. The molecule has 0 aliphatic rings. The summed E-state index contributed by atoms with van der Waals surface area (Å²) in [5.74, 6) is 1.08. The zero-order chi connectivity index (χ0) is 19.1. The van der Waals surface area contributed by atoms with E-state index in [2.05, 4.69) is 21.2 Å². The molecule has 0 spiro atoms. The smallest absolute Gasteiger partial charge is 0.162 e. The molecule has 3 rings (SSSR count). The van der Waals surface area contributed by atoms with E-state index in [1.165, 1.54) is 12.1 Å². The van der Waals surface area contributed by atoms with Crippen LogP contribution in [0.2, 0.25) is 0 Å². The second-order valence-corrected chi connectivity index (χ2v) is 6.81. The maximum atomic E-state index is 13.0. The number of hydrogen-bond donors (Lipinski definition) is 1. The largest absolute Gasteiger partial charge is 0.490 e. The fourth-order valence-corrected chi connectivity index (χ4v) is 3.05. The van der Waals surface area contributed by atoms with Crippen molar-refractivity contribution in [3.63, 3.8) is 0 Å². The lowest BCUT2D eigenvalue weighted by Crippen LogP contribution is -2.04. The zero-order valence-electron chi connectivity index (χ0n) is 15.0. The monoisotopic (exact) mass is 429 g/mol. The number of benzene rings is 3. The maximum absolute atomic E-state index is 13.0. The van der Waals surface area contributed by atoms with Gasteiger partial charge >= 0.3 is 0 Å². The van der Waals surface area contributed by atoms with Gasteiger partial charge < -0.3 is 14.8 Å². The van der Waals surface area contributed by atoms with Crippen LogP contribution in [0.4, 0.5) is 10.1 Å². The van der Waals surface area contributed by atoms with E-state index in [9.17, 15) is 4.39 Å². The Labute approximate surface area is 167 Å². The van der Waals surface area contributed by atoms with E-state index in [0.29, 0.717) is 31.3 Å². The molecule has 0 amide bonds. The molecule has 3 aromatic carbocycles. The highest BCUT2D eigenvalue weighted by molar-refractivity contribution is 9.10. The summed E-state index contributed by atoms with van der Waals surface area (Å²) in [5.41, 5.74) is 3.01. The number of nitrogens with one attached hydrogen (secondary N) is 1. The quantitative estimate of drug-likeness (QED) is 0.463. The van der Waals surface area contributed by atoms with Gasteiger partial charge in [-0.1, -0.05) is 46.3 Å². The third-order valence-electron chi connectivity index (χ3n) is 3.98. The van der Waals surface area contributed by atoms with Gasteiger partial charge in [0.2, 0.25) is 0 Å². The van der Waals surface area contributed by atoms with Crippen molar-refractivity contribution in [1.82, 2.24) is 0 Å². The van der Waals surface area contributed by atoms with Crippen molar-refractivity contribution in [2.75, 3.05) is 11.9 Å². The predicted octanol–water partition coefficient (Wildman–Crippen LogP) is 6.18. The van der Waals surface area contributed by atoms with Crippen LogP contribution in [0.15, 0.2) is 71.2 Å². The standard InChI is InChI=1S/C22H21BrFNO2/c1-2-26-21-12-17(14-25-19-6-4-3-5-7-19)20(23)13-22(21)27-15-16-8-10-18(24)11-9-16/h3-13,25H,2,14-15H2,1H3. The van der Waals surface area contributed by atoms with Crippen molar-refractivity contribution < 1.29 is 13.9 Å². The lowest BCUT2D eigenvalue weighted by molar-refractivity contribution is 0.269. The van der Waals surface area contributed by atoms with E-state index in [0.717, 1.165) is 21.3 Å². The van der Waals surface area contributed by atoms with E-state index >= 15 is 0 Å². The van der Waals surface area contributed by atoms with Crippen LogP contribution in [0.3, 0.4) is 0 Å². The average Bonchev–Trinajstić information content (AvgIpc) is 2.69. The molecule has 27 heavy (non-hydrogen) atoms. The fraction of sp³-hybridized carbons (Fsp3) is 0.182. The predicted molar refractivity (Wildman–Crippen MR) is 110 cm³/mol. The molecule has 0 aliphatic carbocycles. The Bertz CT molecular complexity index is 869. The second-order valence-electron chi connectivity index (χ2n) is 5.96. The normalized spacial score (nSPS) is 10.5. The number of anilines is 1. The van der Waals surface area contributed by atoms with Gasteiger partial charge in [-0.05, 0) is 54.4 Å². The Hall–Kier alpha value is -2.53. The van der Waals surface area contributed by atoms with Gasteiger partial charge in [-0.25, -0.2) is 4.39 Å². The lowest BCUT2D eigenvalue weighted by atomic mass is 10.2. The van der Waals surface area contributed by atoms with Gasteiger partial charge in [0.15, 0.2) is 11.5 Å². The van der Waals surface area contributed by atoms with Gasteiger partial charge in [-0.2, -0.15) is 0 Å². The fourth-order valence-electron chi connectivity index (χ4n) is 2.59. The molecule has 0 bridgehead atoms. The van der Waals surface area contributed by atoms with Gasteiger partial charge in [0.1, 0.15) is 12.4 Å². The van der Waals surface area contributed by atoms with Crippen LogP contribution in [0.1, 0.15) is 18.1 Å². The Kier molecular flexibility index (Phi) is 6.71. The minimum atomic E-state index is -0.258. The highest BCUT2D eigenvalue weighted by Crippen LogP contribution is 2.34. The van der Waals surface area contributed by atoms with Crippen LogP contribution >= 0.6 is 15.9 Å². The van der Waals surface area contributed by atoms with Crippen LogP contribution < -0.4 is 14.8 Å². The van der Waals surface area contributed by atoms with Crippen molar-refractivity contribution in [3.8, 4) is 11.5 Å². The van der Waals surface area contributed by atoms with Crippen LogP contribution in [-0.2, 0) is 13.2 Å². The van der Waals surface area contributed by atoms with Crippen LogP contribution in [0.25, 0.3) is 0 Å². The van der Waals surface area contributed by atoms with Gasteiger partial charge in [0, 0.05) is 16.7 Å². The highest BCUT2D eigenvalue weighted by atomic mass is 79.9. The molecule has 1 N–H and O–H groups in total. The summed E-state index contributed by atoms with van der Waals surface area (Å²) in [4.78, 5) is 0. The summed E-state index contributed by atoms with van der Waals surface area (Å²) in [7, 11) is 0. The van der Waals surface area contributed by atoms with Crippen LogP contribution in [0.5, 0.6) is 11.5 Å². The summed E-state index contributed by atoms with van der Waals surface area (Å²) in [6.45, 7) is 3.48. The van der Waals surface area contributed by atoms with Crippen molar-refractivity contribution in [1.29, 1.82) is 0 Å². The molecule has 0 saturated carbocycles. The molecular weight excluding hydrogens is 409 g/mol. The SMILES string of the molecule is CCOc1cc(CNc2ccccc2)c(Br)cc1OCc1ccc(F)cc1. The molecule has 0 fully saturated rings. The molecule has 5 heteroatoms. The molecule has 0 unspecified atom stereocenters. The third-order valence-corrected chi connectivity index (χ3v) is 4.72. The number of para-hydroxylation sites is 1. The Balaban J connectivity index is 1.73. The first-order valence-electron chi connectivity index (χ1n) is 8.77. The first-order valence-corrected chi connectivity index (χ1v) is 9.56. The molecule has 0 aliphatic heterocycles. The summed E-state index contributed by atoms with van der Waals surface area (Å²) >= 11 is 3.62. The molecular formula is C22H21BrFNO2. The van der Waals surface area contributed by atoms with Crippen molar-refractivity contribution in [3.05, 3.63) is 88.1 Å². The average molecular weight is 430 g/mol. The molecule has 0 aromatic heterocycles. The minimum Gasteiger partial charge on any atom is -0.490 e. The van der Waals surface area contributed by atoms with E-state index in [4.69, 9.17) is 9.47 Å². The highest BCUT2D eigenvalue weighted by Gasteiger charge is 2.11. The van der Waals surface area contributed by atoms with Gasteiger partial charge in [0.25, 0.3) is 0 Å². The molecule has 3 nitrogen and oxygen atoms in total. The summed E-state index contributed by atoms with van der Waals surface area (Å²) in [5, 5.41) is 3.39. The molecule has 0 heterocycles. The Morgan fingerprint density at radius 2 is 1.63 bits per heavy atom. The summed E-state index contributed by atoms with van der Waals surface area (Å²) in [6.07, 6.45) is 0. The van der Waals surface area contributed by atoms with Gasteiger partial charge in [-0.15, -0.1) is 0 Å². The summed E-state index contributed by atoms with van der Waals surface area (Å²) < 4.78 is 25.6. The number of rotatable bonds is 8. The Morgan fingerprint density at radius 1 is 0.926 bits per heavy atom. The molecule has 0 radical (unpaired) electrons. The van der Waals surface area contributed by atoms with E-state index < -0.39 is 0 Å². The van der Waals surface area contributed by atoms with E-state index in [1.807, 2.05) is 49.4 Å². The summed E-state index contributed by atoms with van der Waals surface area (Å²) in [6, 6.07) is 20.2. The topological polar surface area (TPSA) is 30.5 Å². The van der Waals surface area contributed by atoms with Gasteiger partial charge in [0.05, 0.1) is 6.61 Å². The molecule has 0 saturated heterocycles. The lowest BCUT2D eigenvalue weighted by Gasteiger charge is -2.16. The molecule has 3 aromatic rings. The maximum Gasteiger partial charge on any atom is 0.162 e. The van der Waals surface area contributed by atoms with E-state index in [1.54, 1.807) is 12.1 Å². The van der Waals surface area contributed by atoms with Crippen molar-refractivity contribution >= 4 is 21.6 Å². The number of hydrogen-bond acceptors (Lipinski definition) is 3. The number of halogens is 2. The van der Waals surface area contributed by atoms with E-state index in [-0.39, 0.29) is 5.82 Å². The first-order chi connectivity index (χ1) is 13.2. The minimum absolute atomic E-state index is 0.258. The van der Waals surface area contributed by atoms with Crippen LogP contribution in [-0.4, -0.2) is 6.61 Å². The van der Waals surface area contributed by atoms with Gasteiger partial charge in [-0.3, -0.25) is 0 Å². The first kappa shape index (κ1) is 19.2. The molecule has 140 valence electrons. The van der Waals surface area contributed by atoms with Crippen LogP contribution in [0, 0.1) is 5.82 Å². The second kappa shape index (κ2) is 9.42. The number of ether oxygens (including phenoxy) is 2. The Morgan fingerprint density at radius 3 is 2.33 bits per heavy atom. The third kappa shape index (κ3) is 5.47.